The van der Waals surface area contributed by atoms with Crippen molar-refractivity contribution in [1.82, 2.24) is 10.6 Å². The number of para-hydroxylation sites is 1. The van der Waals surface area contributed by atoms with E-state index in [0.29, 0.717) is 12.5 Å². The summed E-state index contributed by atoms with van der Waals surface area (Å²) in [6.45, 7) is 5.73. The number of nitrogens with zero attached hydrogens (tertiary/aromatic N) is 1. The monoisotopic (exact) mass is 355 g/mol. The lowest BCUT2D eigenvalue weighted by atomic mass is 9.99. The van der Waals surface area contributed by atoms with Crippen molar-refractivity contribution in [3.63, 3.8) is 0 Å². The summed E-state index contributed by atoms with van der Waals surface area (Å²) in [6, 6.07) is 14.5. The molecule has 0 aromatic heterocycles. The Balaban J connectivity index is 1.94. The van der Waals surface area contributed by atoms with Crippen LogP contribution >= 0.6 is 0 Å². The third-order valence-corrected chi connectivity index (χ3v) is 4.34. The van der Waals surface area contributed by atoms with Gasteiger partial charge in [0.2, 0.25) is 0 Å². The number of guanidine groups is 1. The van der Waals surface area contributed by atoms with Gasteiger partial charge in [-0.25, -0.2) is 0 Å². The molecule has 0 bridgehead atoms. The lowest BCUT2D eigenvalue weighted by Crippen LogP contribution is -2.38. The van der Waals surface area contributed by atoms with Gasteiger partial charge in [-0.15, -0.1) is 0 Å². The first-order valence-corrected chi connectivity index (χ1v) is 8.80. The van der Waals surface area contributed by atoms with Crippen molar-refractivity contribution >= 4 is 5.96 Å². The molecule has 0 saturated carbocycles. The number of rotatable bonds is 7. The number of hydrogen-bond donors (Lipinski definition) is 2. The summed E-state index contributed by atoms with van der Waals surface area (Å²) in [4.78, 5) is 4.31. The Morgan fingerprint density at radius 3 is 2.50 bits per heavy atom. The van der Waals surface area contributed by atoms with Gasteiger partial charge in [0.1, 0.15) is 0 Å². The highest BCUT2D eigenvalue weighted by atomic mass is 16.5. The first kappa shape index (κ1) is 19.6. The zero-order valence-electron chi connectivity index (χ0n) is 16.3. The quantitative estimate of drug-likeness (QED) is 0.590. The number of nitrogens with one attached hydrogen (secondary N) is 2. The summed E-state index contributed by atoms with van der Waals surface area (Å²) in [5.74, 6) is 2.61. The van der Waals surface area contributed by atoms with Gasteiger partial charge in [-0.3, -0.25) is 4.99 Å². The van der Waals surface area contributed by atoms with Gasteiger partial charge in [-0.1, -0.05) is 48.9 Å². The van der Waals surface area contributed by atoms with Crippen molar-refractivity contribution in [3.05, 3.63) is 59.2 Å². The van der Waals surface area contributed by atoms with Crippen molar-refractivity contribution in [2.45, 2.75) is 26.3 Å². The standard InChI is InChI=1S/C21H29N3O2/c1-15-8-6-9-17(12-15)16(2)13-23-21(22-3)24-14-18-10-7-11-19(25-4)20(18)26-5/h6-12,16H,13-14H2,1-5H3,(H2,22,23,24). The van der Waals surface area contributed by atoms with E-state index in [1.54, 1.807) is 21.3 Å². The predicted octanol–water partition coefficient (Wildman–Crippen LogP) is 3.48. The number of aryl methyl sites for hydroxylation is 1. The molecule has 0 heterocycles. The predicted molar refractivity (Wildman–Crippen MR) is 107 cm³/mol. The number of aliphatic imine (C=N–C) groups is 1. The third kappa shape index (κ3) is 5.15. The summed E-state index contributed by atoms with van der Waals surface area (Å²) < 4.78 is 10.8. The number of hydrogen-bond acceptors (Lipinski definition) is 3. The fourth-order valence-electron chi connectivity index (χ4n) is 2.84. The molecule has 26 heavy (non-hydrogen) atoms. The molecule has 0 amide bonds. The molecule has 0 spiro atoms. The molecule has 0 aliphatic rings. The van der Waals surface area contributed by atoms with Crippen LogP contribution in [-0.4, -0.2) is 33.8 Å². The maximum atomic E-state index is 5.48. The normalized spacial score (nSPS) is 12.4. The molecule has 0 aliphatic carbocycles. The fraction of sp³-hybridized carbons (Fsp3) is 0.381. The van der Waals surface area contributed by atoms with Crippen molar-refractivity contribution in [2.75, 3.05) is 27.8 Å². The van der Waals surface area contributed by atoms with E-state index in [-0.39, 0.29) is 0 Å². The van der Waals surface area contributed by atoms with E-state index in [1.165, 1.54) is 11.1 Å². The van der Waals surface area contributed by atoms with Crippen molar-refractivity contribution in [1.29, 1.82) is 0 Å². The van der Waals surface area contributed by atoms with Crippen LogP contribution in [0, 0.1) is 6.92 Å². The Hall–Kier alpha value is -2.69. The summed E-state index contributed by atoms with van der Waals surface area (Å²) in [6.07, 6.45) is 0. The van der Waals surface area contributed by atoms with Gasteiger partial charge in [-0.05, 0) is 24.5 Å². The third-order valence-electron chi connectivity index (χ3n) is 4.34. The van der Waals surface area contributed by atoms with E-state index in [2.05, 4.69) is 53.7 Å². The Labute approximate surface area is 156 Å². The molecule has 2 aromatic rings. The highest BCUT2D eigenvalue weighted by Crippen LogP contribution is 2.30. The molecule has 1 atom stereocenters. The van der Waals surface area contributed by atoms with Crippen LogP contribution in [0.4, 0.5) is 0 Å². The summed E-state index contributed by atoms with van der Waals surface area (Å²) in [5.41, 5.74) is 3.62. The fourth-order valence-corrected chi connectivity index (χ4v) is 2.84. The molecule has 0 saturated heterocycles. The van der Waals surface area contributed by atoms with Gasteiger partial charge in [0, 0.05) is 25.7 Å². The largest absolute Gasteiger partial charge is 0.493 e. The van der Waals surface area contributed by atoms with Gasteiger partial charge in [0.25, 0.3) is 0 Å². The molecule has 1 unspecified atom stereocenters. The van der Waals surface area contributed by atoms with Gasteiger partial charge in [-0.2, -0.15) is 0 Å². The van der Waals surface area contributed by atoms with E-state index < -0.39 is 0 Å². The maximum absolute atomic E-state index is 5.48. The van der Waals surface area contributed by atoms with E-state index >= 15 is 0 Å². The van der Waals surface area contributed by atoms with Crippen LogP contribution in [0.3, 0.4) is 0 Å². The van der Waals surface area contributed by atoms with Crippen LogP contribution in [0.5, 0.6) is 11.5 Å². The molecule has 5 nitrogen and oxygen atoms in total. The van der Waals surface area contributed by atoms with Gasteiger partial charge >= 0.3 is 0 Å². The zero-order chi connectivity index (χ0) is 18.9. The minimum absolute atomic E-state index is 0.389. The minimum atomic E-state index is 0.389. The van der Waals surface area contributed by atoms with Crippen LogP contribution in [0.25, 0.3) is 0 Å². The Bertz CT molecular complexity index is 744. The summed E-state index contributed by atoms with van der Waals surface area (Å²) in [7, 11) is 5.07. The lowest BCUT2D eigenvalue weighted by molar-refractivity contribution is 0.351. The SMILES string of the molecule is CN=C(NCc1cccc(OC)c1OC)NCC(C)c1cccc(C)c1. The van der Waals surface area contributed by atoms with E-state index in [9.17, 15) is 0 Å². The van der Waals surface area contributed by atoms with Gasteiger partial charge < -0.3 is 20.1 Å². The lowest BCUT2D eigenvalue weighted by Gasteiger charge is -2.18. The Kier molecular flexibility index (Phi) is 7.33. The Morgan fingerprint density at radius 1 is 1.08 bits per heavy atom. The molecule has 0 fully saturated rings. The van der Waals surface area contributed by atoms with Crippen LogP contribution in [0.15, 0.2) is 47.5 Å². The second-order valence-electron chi connectivity index (χ2n) is 6.27. The summed E-state index contributed by atoms with van der Waals surface area (Å²) >= 11 is 0. The van der Waals surface area contributed by atoms with Crippen LogP contribution in [-0.2, 0) is 6.54 Å². The number of benzene rings is 2. The minimum Gasteiger partial charge on any atom is -0.493 e. The first-order chi connectivity index (χ1) is 12.6. The highest BCUT2D eigenvalue weighted by molar-refractivity contribution is 5.79. The van der Waals surface area contributed by atoms with Crippen LogP contribution in [0.2, 0.25) is 0 Å². The average molecular weight is 355 g/mol. The molecular weight excluding hydrogens is 326 g/mol. The molecule has 2 N–H and O–H groups in total. The molecular formula is C21H29N3O2. The highest BCUT2D eigenvalue weighted by Gasteiger charge is 2.11. The van der Waals surface area contributed by atoms with E-state index in [0.717, 1.165) is 29.6 Å². The van der Waals surface area contributed by atoms with Crippen LogP contribution in [0.1, 0.15) is 29.5 Å². The molecule has 2 rings (SSSR count). The molecule has 0 radical (unpaired) electrons. The van der Waals surface area contributed by atoms with E-state index in [4.69, 9.17) is 9.47 Å². The molecule has 140 valence electrons. The zero-order valence-corrected chi connectivity index (χ0v) is 16.3. The van der Waals surface area contributed by atoms with Crippen LogP contribution < -0.4 is 20.1 Å². The molecule has 0 aliphatic heterocycles. The van der Waals surface area contributed by atoms with Crippen molar-refractivity contribution < 1.29 is 9.47 Å². The molecule has 2 aromatic carbocycles. The first-order valence-electron chi connectivity index (χ1n) is 8.80. The maximum Gasteiger partial charge on any atom is 0.191 e. The second-order valence-corrected chi connectivity index (χ2v) is 6.27. The molecule has 5 heteroatoms. The number of methoxy groups -OCH3 is 2. The van der Waals surface area contributed by atoms with Gasteiger partial charge in [0.15, 0.2) is 17.5 Å². The Morgan fingerprint density at radius 2 is 1.85 bits per heavy atom. The topological polar surface area (TPSA) is 54.9 Å². The second kappa shape index (κ2) is 9.70. The number of ether oxygens (including phenoxy) is 2. The smallest absolute Gasteiger partial charge is 0.191 e. The van der Waals surface area contributed by atoms with E-state index in [1.807, 2.05) is 18.2 Å². The summed E-state index contributed by atoms with van der Waals surface area (Å²) in [5, 5.41) is 6.72. The van der Waals surface area contributed by atoms with Gasteiger partial charge in [0.05, 0.1) is 14.2 Å². The van der Waals surface area contributed by atoms with Crippen molar-refractivity contribution in [2.24, 2.45) is 4.99 Å². The average Bonchev–Trinajstić information content (AvgIpc) is 2.67. The van der Waals surface area contributed by atoms with Crippen molar-refractivity contribution in [3.8, 4) is 11.5 Å².